The highest BCUT2D eigenvalue weighted by atomic mass is 32.2. The summed E-state index contributed by atoms with van der Waals surface area (Å²) >= 11 is 1.28. The maximum absolute atomic E-state index is 12.3. The molecular formula is C20H24N4O3S2. The van der Waals surface area contributed by atoms with Crippen molar-refractivity contribution in [3.05, 3.63) is 42.7 Å². The zero-order valence-electron chi connectivity index (χ0n) is 16.5. The maximum Gasteiger partial charge on any atom is 0.241 e. The van der Waals surface area contributed by atoms with Crippen LogP contribution in [-0.4, -0.2) is 40.4 Å². The number of nitrogens with zero attached hydrogens (tertiary/aromatic N) is 3. The minimum Gasteiger partial charge on any atom is -0.333 e. The third-order valence-electron chi connectivity index (χ3n) is 4.35. The van der Waals surface area contributed by atoms with E-state index in [1.165, 1.54) is 11.3 Å². The number of carbonyl (C=O) groups excluding carboxylic acids is 1. The minimum atomic E-state index is -3.43. The van der Waals surface area contributed by atoms with Gasteiger partial charge in [0.05, 0.1) is 16.3 Å². The monoisotopic (exact) mass is 432 g/mol. The molecule has 0 bridgehead atoms. The van der Waals surface area contributed by atoms with Crippen LogP contribution in [0.25, 0.3) is 22.0 Å². The number of benzene rings is 1. The molecule has 0 unspecified atom stereocenters. The average molecular weight is 433 g/mol. The number of unbranched alkanes of at least 4 members (excludes halogenated alkanes) is 2. The van der Waals surface area contributed by atoms with E-state index >= 15 is 0 Å². The van der Waals surface area contributed by atoms with Gasteiger partial charge in [-0.15, -0.1) is 0 Å². The Bertz CT molecular complexity index is 1070. The summed E-state index contributed by atoms with van der Waals surface area (Å²) in [6.07, 6.45) is 5.88. The van der Waals surface area contributed by atoms with Crippen molar-refractivity contribution >= 4 is 32.2 Å². The lowest BCUT2D eigenvalue weighted by molar-refractivity contribution is -0.113. The summed E-state index contributed by atoms with van der Waals surface area (Å²) in [6, 6.07) is 9.62. The summed E-state index contributed by atoms with van der Waals surface area (Å²) in [6.45, 7) is 2.01. The molecule has 1 N–H and O–H groups in total. The first kappa shape index (κ1) is 21.2. The van der Waals surface area contributed by atoms with E-state index in [-0.39, 0.29) is 5.75 Å². The van der Waals surface area contributed by atoms with Gasteiger partial charge in [-0.1, -0.05) is 61.4 Å². The Morgan fingerprint density at radius 2 is 1.97 bits per heavy atom. The molecule has 1 aromatic carbocycles. The number of aryl methyl sites for hydroxylation is 1. The summed E-state index contributed by atoms with van der Waals surface area (Å²) in [5, 5.41) is 3.01. The predicted molar refractivity (Wildman–Crippen MR) is 117 cm³/mol. The molecule has 29 heavy (non-hydrogen) atoms. The molecular weight excluding hydrogens is 408 g/mol. The van der Waals surface area contributed by atoms with E-state index in [1.807, 2.05) is 55.1 Å². The molecule has 0 fully saturated rings. The van der Waals surface area contributed by atoms with Gasteiger partial charge in [-0.05, 0) is 6.42 Å². The summed E-state index contributed by atoms with van der Waals surface area (Å²) in [4.78, 5) is 22.1. The van der Waals surface area contributed by atoms with Gasteiger partial charge in [-0.2, -0.15) is 0 Å². The van der Waals surface area contributed by atoms with E-state index in [2.05, 4.69) is 15.3 Å². The van der Waals surface area contributed by atoms with Crippen LogP contribution in [0.4, 0.5) is 5.13 Å². The van der Waals surface area contributed by atoms with E-state index in [4.69, 9.17) is 0 Å². The van der Waals surface area contributed by atoms with Crippen LogP contribution in [0.3, 0.4) is 0 Å². The van der Waals surface area contributed by atoms with Crippen LogP contribution in [-0.2, 0) is 21.7 Å². The number of thiazole rings is 1. The number of sulfone groups is 1. The van der Waals surface area contributed by atoms with Gasteiger partial charge in [-0.3, -0.25) is 4.79 Å². The average Bonchev–Trinajstić information content (AvgIpc) is 3.27. The normalized spacial score (nSPS) is 11.5. The number of hydrogen-bond acceptors (Lipinski definition) is 6. The van der Waals surface area contributed by atoms with Crippen molar-refractivity contribution in [2.45, 2.75) is 26.2 Å². The van der Waals surface area contributed by atoms with Crippen molar-refractivity contribution in [1.29, 1.82) is 0 Å². The summed E-state index contributed by atoms with van der Waals surface area (Å²) in [5.41, 5.74) is 1.60. The number of anilines is 1. The Morgan fingerprint density at radius 1 is 1.21 bits per heavy atom. The summed E-state index contributed by atoms with van der Waals surface area (Å²) < 4.78 is 26.2. The van der Waals surface area contributed by atoms with E-state index in [0.29, 0.717) is 17.2 Å². The van der Waals surface area contributed by atoms with Crippen LogP contribution in [0.5, 0.6) is 0 Å². The molecule has 0 aliphatic heterocycles. The largest absolute Gasteiger partial charge is 0.333 e. The van der Waals surface area contributed by atoms with Crippen LogP contribution in [0.2, 0.25) is 0 Å². The number of amides is 1. The molecule has 0 radical (unpaired) electrons. The number of rotatable bonds is 9. The van der Waals surface area contributed by atoms with E-state index in [0.717, 1.165) is 29.1 Å². The predicted octanol–water partition coefficient (Wildman–Crippen LogP) is 3.75. The van der Waals surface area contributed by atoms with E-state index in [9.17, 15) is 13.2 Å². The molecule has 154 valence electrons. The van der Waals surface area contributed by atoms with Gasteiger partial charge < -0.3 is 9.88 Å². The van der Waals surface area contributed by atoms with E-state index in [1.54, 1.807) is 6.20 Å². The van der Waals surface area contributed by atoms with Crippen LogP contribution in [0, 0.1) is 0 Å². The molecule has 9 heteroatoms. The Labute approximate surface area is 174 Å². The molecule has 3 rings (SSSR count). The van der Waals surface area contributed by atoms with Crippen molar-refractivity contribution in [1.82, 2.24) is 14.5 Å². The first-order chi connectivity index (χ1) is 13.9. The van der Waals surface area contributed by atoms with Crippen LogP contribution in [0.1, 0.15) is 26.2 Å². The Morgan fingerprint density at radius 3 is 2.62 bits per heavy atom. The van der Waals surface area contributed by atoms with Gasteiger partial charge in [0.2, 0.25) is 5.91 Å². The van der Waals surface area contributed by atoms with Gasteiger partial charge in [0.25, 0.3) is 0 Å². The second-order valence-corrected chi connectivity index (χ2v) is 9.95. The Kier molecular flexibility index (Phi) is 6.81. The lowest BCUT2D eigenvalue weighted by Gasteiger charge is -2.04. The molecule has 1 amide bonds. The molecule has 7 nitrogen and oxygen atoms in total. The van der Waals surface area contributed by atoms with Crippen molar-refractivity contribution in [2.24, 2.45) is 7.05 Å². The van der Waals surface area contributed by atoms with Crippen LogP contribution >= 0.6 is 11.3 Å². The fourth-order valence-corrected chi connectivity index (χ4v) is 5.20. The van der Waals surface area contributed by atoms with Gasteiger partial charge in [0.15, 0.2) is 20.8 Å². The zero-order valence-corrected chi connectivity index (χ0v) is 18.1. The van der Waals surface area contributed by atoms with Gasteiger partial charge in [-0.25, -0.2) is 18.4 Å². The fourth-order valence-electron chi connectivity index (χ4n) is 2.90. The highest BCUT2D eigenvalue weighted by Crippen LogP contribution is 2.38. The van der Waals surface area contributed by atoms with Crippen molar-refractivity contribution < 1.29 is 13.2 Å². The van der Waals surface area contributed by atoms with Crippen LogP contribution in [0.15, 0.2) is 42.7 Å². The third kappa shape index (κ3) is 5.51. The molecule has 0 spiro atoms. The smallest absolute Gasteiger partial charge is 0.241 e. The molecule has 0 aliphatic rings. The number of aromatic nitrogens is 3. The van der Waals surface area contributed by atoms with Crippen LogP contribution < -0.4 is 5.32 Å². The Hall–Kier alpha value is -2.52. The highest BCUT2D eigenvalue weighted by molar-refractivity contribution is 7.92. The molecule has 0 aliphatic carbocycles. The fraction of sp³-hybridized carbons (Fsp3) is 0.350. The van der Waals surface area contributed by atoms with Gasteiger partial charge in [0, 0.05) is 25.0 Å². The lowest BCUT2D eigenvalue weighted by atomic mass is 10.1. The zero-order chi connectivity index (χ0) is 20.9. The SMILES string of the molecule is CCCCCS(=O)(=O)CC(=O)Nc1nc(-c2ccccc2)c(-c2nccn2C)s1. The van der Waals surface area contributed by atoms with Gasteiger partial charge >= 0.3 is 0 Å². The topological polar surface area (TPSA) is 93.9 Å². The lowest BCUT2D eigenvalue weighted by Crippen LogP contribution is -2.24. The molecule has 0 saturated heterocycles. The molecule has 0 atom stereocenters. The number of carbonyl (C=O) groups is 1. The molecule has 2 aromatic heterocycles. The van der Waals surface area contributed by atoms with E-state index < -0.39 is 21.5 Å². The third-order valence-corrected chi connectivity index (χ3v) is 6.93. The Balaban J connectivity index is 1.83. The second-order valence-electron chi connectivity index (χ2n) is 6.77. The summed E-state index contributed by atoms with van der Waals surface area (Å²) in [7, 11) is -1.54. The minimum absolute atomic E-state index is 0.0277. The standard InChI is InChI=1S/C20H24N4O3S2/c1-3-4-8-13-29(26,27)14-16(25)22-20-23-17(15-9-6-5-7-10-15)18(28-20)19-21-11-12-24(19)2/h5-7,9-12H,3-4,8,13-14H2,1-2H3,(H,22,23,25). The quantitative estimate of drug-likeness (QED) is 0.520. The second kappa shape index (κ2) is 9.32. The maximum atomic E-state index is 12.3. The summed E-state index contributed by atoms with van der Waals surface area (Å²) in [5.74, 6) is -0.343. The number of hydrogen-bond donors (Lipinski definition) is 1. The highest BCUT2D eigenvalue weighted by Gasteiger charge is 2.21. The number of nitrogens with one attached hydrogen (secondary N) is 1. The van der Waals surface area contributed by atoms with Crippen molar-refractivity contribution in [3.63, 3.8) is 0 Å². The van der Waals surface area contributed by atoms with Gasteiger partial charge in [0.1, 0.15) is 5.75 Å². The first-order valence-electron chi connectivity index (χ1n) is 9.44. The molecule has 2 heterocycles. The van der Waals surface area contributed by atoms with Crippen molar-refractivity contribution in [2.75, 3.05) is 16.8 Å². The molecule has 3 aromatic rings. The first-order valence-corrected chi connectivity index (χ1v) is 12.1. The van der Waals surface area contributed by atoms with Crippen molar-refractivity contribution in [3.8, 4) is 22.0 Å². The number of imidazole rings is 1. The molecule has 0 saturated carbocycles.